The van der Waals surface area contributed by atoms with Gasteiger partial charge in [0.1, 0.15) is 17.0 Å². The first-order chi connectivity index (χ1) is 10.1. The van der Waals surface area contributed by atoms with Crippen molar-refractivity contribution in [3.05, 3.63) is 53.1 Å². The summed E-state index contributed by atoms with van der Waals surface area (Å²) in [5.41, 5.74) is 4.59. The van der Waals surface area contributed by atoms with Crippen molar-refractivity contribution in [2.75, 3.05) is 0 Å². The lowest BCUT2D eigenvalue weighted by Gasteiger charge is -2.19. The second kappa shape index (κ2) is 3.45. The maximum absolute atomic E-state index is 13.1. The fourth-order valence-corrected chi connectivity index (χ4v) is 4.02. The third kappa shape index (κ3) is 1.34. The Kier molecular flexibility index (Phi) is 1.92. The molecule has 1 aromatic carbocycles. The molecule has 1 unspecified atom stereocenters. The van der Waals surface area contributed by atoms with Gasteiger partial charge < -0.3 is 4.74 Å². The Morgan fingerprint density at radius 2 is 2.10 bits per heavy atom. The van der Waals surface area contributed by atoms with Crippen LogP contribution < -0.4 is 0 Å². The van der Waals surface area contributed by atoms with Gasteiger partial charge in [-0.15, -0.1) is 0 Å². The van der Waals surface area contributed by atoms with E-state index in [-0.39, 0.29) is 17.0 Å². The third-order valence-electron chi connectivity index (χ3n) is 5.31. The van der Waals surface area contributed by atoms with Gasteiger partial charge in [0.25, 0.3) is 0 Å². The summed E-state index contributed by atoms with van der Waals surface area (Å²) in [6, 6.07) is 6.46. The number of rotatable bonds is 1. The molecule has 1 saturated carbocycles. The highest BCUT2D eigenvalue weighted by Gasteiger charge is 2.72. The van der Waals surface area contributed by atoms with Crippen molar-refractivity contribution in [3.8, 4) is 5.69 Å². The van der Waals surface area contributed by atoms with Gasteiger partial charge in [0.2, 0.25) is 0 Å². The highest BCUT2D eigenvalue weighted by atomic mass is 19.1. The second-order valence-corrected chi connectivity index (χ2v) is 6.45. The molecule has 0 radical (unpaired) electrons. The monoisotopic (exact) mass is 282 g/mol. The van der Waals surface area contributed by atoms with E-state index in [0.29, 0.717) is 0 Å². The van der Waals surface area contributed by atoms with Crippen LogP contribution in [-0.2, 0) is 11.2 Å². The van der Waals surface area contributed by atoms with Crippen molar-refractivity contribution in [2.45, 2.75) is 37.4 Å². The van der Waals surface area contributed by atoms with Gasteiger partial charge in [-0.1, -0.05) is 0 Å². The zero-order chi connectivity index (χ0) is 14.2. The number of ether oxygens (including phenoxy) is 1. The quantitative estimate of drug-likeness (QED) is 0.751. The van der Waals surface area contributed by atoms with Crippen molar-refractivity contribution in [2.24, 2.45) is 0 Å². The topological polar surface area (TPSA) is 30.4 Å². The summed E-state index contributed by atoms with van der Waals surface area (Å²) in [5.74, 6) is -0.227. The van der Waals surface area contributed by atoms with Gasteiger partial charge in [-0.05, 0) is 55.7 Å². The van der Waals surface area contributed by atoms with Crippen LogP contribution in [0.2, 0.25) is 0 Å². The van der Waals surface area contributed by atoms with Gasteiger partial charge in [-0.2, -0.15) is 5.10 Å². The van der Waals surface area contributed by atoms with E-state index >= 15 is 0 Å². The van der Waals surface area contributed by atoms with Crippen LogP contribution in [0.15, 0.2) is 36.0 Å². The van der Waals surface area contributed by atoms with Crippen LogP contribution in [0, 0.1) is 5.82 Å². The molecule has 3 aliphatic rings. The van der Waals surface area contributed by atoms with Crippen LogP contribution >= 0.6 is 0 Å². The maximum atomic E-state index is 13.1. The van der Waals surface area contributed by atoms with Crippen LogP contribution in [0.25, 0.3) is 11.8 Å². The van der Waals surface area contributed by atoms with Crippen LogP contribution in [0.4, 0.5) is 4.39 Å². The molecular formula is C17H15FN2O. The summed E-state index contributed by atoms with van der Waals surface area (Å²) in [6.07, 6.45) is 7.26. The van der Waals surface area contributed by atoms with Crippen molar-refractivity contribution in [3.63, 3.8) is 0 Å². The predicted molar refractivity (Wildman–Crippen MR) is 76.7 cm³/mol. The predicted octanol–water partition coefficient (Wildman–Crippen LogP) is 3.27. The van der Waals surface area contributed by atoms with Crippen molar-refractivity contribution >= 4 is 6.08 Å². The zero-order valence-corrected chi connectivity index (χ0v) is 11.8. The Bertz CT molecular complexity index is 792. The lowest BCUT2D eigenvalue weighted by atomic mass is 9.84. The van der Waals surface area contributed by atoms with E-state index in [4.69, 9.17) is 4.74 Å². The van der Waals surface area contributed by atoms with Gasteiger partial charge in [-0.25, -0.2) is 9.07 Å². The number of epoxide rings is 1. The molecule has 3 nitrogen and oxygen atoms in total. The molecule has 1 spiro atoms. The van der Waals surface area contributed by atoms with Gasteiger partial charge in [0, 0.05) is 12.0 Å². The summed E-state index contributed by atoms with van der Waals surface area (Å²) < 4.78 is 21.0. The lowest BCUT2D eigenvalue weighted by Crippen LogP contribution is -2.24. The molecule has 2 aliphatic carbocycles. The number of halogens is 1. The molecule has 1 aliphatic heterocycles. The molecule has 106 valence electrons. The van der Waals surface area contributed by atoms with E-state index in [1.165, 1.54) is 23.3 Å². The summed E-state index contributed by atoms with van der Waals surface area (Å²) in [7, 11) is 0. The molecule has 4 heteroatoms. The molecule has 5 rings (SSSR count). The number of benzene rings is 1. The molecule has 2 aromatic rings. The van der Waals surface area contributed by atoms with Crippen molar-refractivity contribution in [1.82, 2.24) is 9.78 Å². The van der Waals surface area contributed by atoms with Crippen LogP contribution in [0.3, 0.4) is 0 Å². The fraction of sp³-hybridized carbons (Fsp3) is 0.353. The highest BCUT2D eigenvalue weighted by molar-refractivity contribution is 5.66. The van der Waals surface area contributed by atoms with E-state index in [9.17, 15) is 4.39 Å². The molecule has 2 atom stereocenters. The van der Waals surface area contributed by atoms with Crippen LogP contribution in [0.1, 0.15) is 31.0 Å². The van der Waals surface area contributed by atoms with Crippen molar-refractivity contribution in [1.29, 1.82) is 0 Å². The SMILES string of the molecule is C[C@]12CCC3=Cc4c(cnn4-c4ccc(F)cc4)CC31O2. The Hall–Kier alpha value is -1.94. The first-order valence-electron chi connectivity index (χ1n) is 7.35. The number of hydrogen-bond donors (Lipinski definition) is 0. The molecule has 2 fully saturated rings. The maximum Gasteiger partial charge on any atom is 0.123 e. The normalized spacial score (nSPS) is 32.2. The van der Waals surface area contributed by atoms with E-state index in [1.807, 2.05) is 10.9 Å². The van der Waals surface area contributed by atoms with E-state index in [1.54, 1.807) is 12.1 Å². The first kappa shape index (κ1) is 11.7. The molecule has 0 N–H and O–H groups in total. The van der Waals surface area contributed by atoms with Gasteiger partial charge >= 0.3 is 0 Å². The Labute approximate surface area is 122 Å². The second-order valence-electron chi connectivity index (χ2n) is 6.45. The van der Waals surface area contributed by atoms with Gasteiger partial charge in [-0.3, -0.25) is 0 Å². The average molecular weight is 282 g/mol. The lowest BCUT2D eigenvalue weighted by molar-refractivity contribution is 0.253. The Morgan fingerprint density at radius 1 is 1.29 bits per heavy atom. The third-order valence-corrected chi connectivity index (χ3v) is 5.31. The first-order valence-corrected chi connectivity index (χ1v) is 7.35. The highest BCUT2D eigenvalue weighted by Crippen LogP contribution is 2.65. The molecule has 1 saturated heterocycles. The molecule has 2 heterocycles. The minimum absolute atomic E-state index is 0.0362. The van der Waals surface area contributed by atoms with Crippen LogP contribution in [0.5, 0.6) is 0 Å². The van der Waals surface area contributed by atoms with E-state index in [0.717, 1.165) is 30.6 Å². The molecule has 1 aromatic heterocycles. The smallest absolute Gasteiger partial charge is 0.123 e. The van der Waals surface area contributed by atoms with Crippen molar-refractivity contribution < 1.29 is 9.13 Å². The van der Waals surface area contributed by atoms with Gasteiger partial charge in [0.15, 0.2) is 0 Å². The minimum atomic E-state index is -0.227. The largest absolute Gasteiger partial charge is 0.358 e. The summed E-state index contributed by atoms with van der Waals surface area (Å²) >= 11 is 0. The summed E-state index contributed by atoms with van der Waals surface area (Å²) in [4.78, 5) is 0. The zero-order valence-electron chi connectivity index (χ0n) is 11.8. The number of hydrogen-bond acceptors (Lipinski definition) is 2. The standard InChI is InChI=1S/C17H15FN2O/c1-16-7-6-12-8-15-11(9-17(12,16)21-16)10-19-20(15)14-4-2-13(18)3-5-14/h2-5,8,10H,6-7,9H2,1H3/t16-,17?/m0/s1. The minimum Gasteiger partial charge on any atom is -0.358 e. The molecule has 0 amide bonds. The molecular weight excluding hydrogens is 267 g/mol. The summed E-state index contributed by atoms with van der Waals surface area (Å²) in [6.45, 7) is 2.21. The van der Waals surface area contributed by atoms with E-state index in [2.05, 4.69) is 18.1 Å². The fourth-order valence-electron chi connectivity index (χ4n) is 4.02. The molecule has 21 heavy (non-hydrogen) atoms. The van der Waals surface area contributed by atoms with Crippen LogP contribution in [-0.4, -0.2) is 21.0 Å². The summed E-state index contributed by atoms with van der Waals surface area (Å²) in [5, 5.41) is 4.49. The number of aromatic nitrogens is 2. The van der Waals surface area contributed by atoms with E-state index < -0.39 is 0 Å². The number of nitrogens with zero attached hydrogens (tertiary/aromatic N) is 2. The Balaban J connectivity index is 1.63. The molecule has 0 bridgehead atoms. The van der Waals surface area contributed by atoms with Gasteiger partial charge in [0.05, 0.1) is 17.6 Å². The Morgan fingerprint density at radius 3 is 2.86 bits per heavy atom. The average Bonchev–Trinajstić information content (AvgIpc) is 2.78. The number of fused-ring (bicyclic) bond motifs is 1.